The highest BCUT2D eigenvalue weighted by atomic mass is 31.2. The van der Waals surface area contributed by atoms with Gasteiger partial charge in [0.25, 0.3) is 5.91 Å². The number of carbonyl (C=O) groups is 1. The van der Waals surface area contributed by atoms with Crippen LogP contribution >= 0.6 is 7.75 Å². The predicted molar refractivity (Wildman–Crippen MR) is 85.7 cm³/mol. The van der Waals surface area contributed by atoms with E-state index in [4.69, 9.17) is 9.05 Å². The van der Waals surface area contributed by atoms with Gasteiger partial charge in [-0.25, -0.2) is 4.57 Å². The molecule has 2 rings (SSSR count). The van der Waals surface area contributed by atoms with E-state index in [9.17, 15) is 9.36 Å². The zero-order chi connectivity index (χ0) is 16.5. The average Bonchev–Trinajstić information content (AvgIpc) is 2.69. The molecule has 1 heterocycles. The first-order valence-electron chi connectivity index (χ1n) is 6.84. The van der Waals surface area contributed by atoms with Gasteiger partial charge in [-0.05, 0) is 11.6 Å². The molecule has 0 aliphatic carbocycles. The number of nitrogens with zero attached hydrogens (tertiary/aromatic N) is 1. The first kappa shape index (κ1) is 16.7. The number of rotatable bonds is 4. The zero-order valence-corrected chi connectivity index (χ0v) is 14.3. The molecule has 0 spiro atoms. The minimum Gasteiger partial charge on any atom is -0.347 e. The summed E-state index contributed by atoms with van der Waals surface area (Å²) in [7, 11) is 0.753. The lowest BCUT2D eigenvalue weighted by Gasteiger charge is -2.24. The fourth-order valence-corrected chi connectivity index (χ4v) is 3.38. The lowest BCUT2D eigenvalue weighted by molar-refractivity contribution is -0.115. The van der Waals surface area contributed by atoms with Crippen LogP contribution in [0.3, 0.4) is 0 Å². The van der Waals surface area contributed by atoms with Crippen molar-refractivity contribution < 1.29 is 18.4 Å². The highest BCUT2D eigenvalue weighted by Gasteiger charge is 2.39. The molecule has 1 N–H and O–H groups in total. The summed E-state index contributed by atoms with van der Waals surface area (Å²) in [6, 6.07) is 7.98. The Labute approximate surface area is 130 Å². The third-order valence-electron chi connectivity index (χ3n) is 3.94. The monoisotopic (exact) mass is 324 g/mol. The number of hydrogen-bond donors (Lipinski definition) is 1. The second kappa shape index (κ2) is 5.88. The number of anilines is 1. The van der Waals surface area contributed by atoms with E-state index in [1.54, 1.807) is 0 Å². The maximum atomic E-state index is 12.2. The molecular formula is C15H21N2O4P. The Morgan fingerprint density at radius 2 is 1.86 bits per heavy atom. The van der Waals surface area contributed by atoms with Crippen LogP contribution in [0.4, 0.5) is 5.69 Å². The summed E-state index contributed by atoms with van der Waals surface area (Å²) in [6.07, 6.45) is 1.44. The van der Waals surface area contributed by atoms with Gasteiger partial charge in [-0.1, -0.05) is 32.0 Å². The highest BCUT2D eigenvalue weighted by molar-refractivity contribution is 7.52. The molecule has 1 amide bonds. The maximum absolute atomic E-state index is 12.2. The molecule has 0 saturated heterocycles. The fraction of sp³-hybridized carbons (Fsp3) is 0.400. The lowest BCUT2D eigenvalue weighted by Crippen LogP contribution is -2.27. The molecule has 22 heavy (non-hydrogen) atoms. The molecule has 6 nitrogen and oxygen atoms in total. The third-order valence-corrected chi connectivity index (χ3v) is 5.39. The molecule has 1 aromatic rings. The van der Waals surface area contributed by atoms with Crippen molar-refractivity contribution in [1.82, 2.24) is 5.09 Å². The molecule has 0 fully saturated rings. The van der Waals surface area contributed by atoms with Crippen LogP contribution in [0, 0.1) is 0 Å². The molecule has 7 heteroatoms. The molecule has 1 aliphatic rings. The average molecular weight is 324 g/mol. The molecular weight excluding hydrogens is 303 g/mol. The first-order valence-corrected chi connectivity index (χ1v) is 8.38. The molecule has 1 aromatic carbocycles. The number of allylic oxidation sites excluding steroid dienone is 1. The van der Waals surface area contributed by atoms with E-state index in [0.29, 0.717) is 0 Å². The van der Waals surface area contributed by atoms with Crippen LogP contribution in [0.1, 0.15) is 19.4 Å². The predicted octanol–water partition coefficient (Wildman–Crippen LogP) is 2.82. The molecule has 0 radical (unpaired) electrons. The summed E-state index contributed by atoms with van der Waals surface area (Å²) < 4.78 is 21.4. The Bertz CT molecular complexity index is 661. The van der Waals surface area contributed by atoms with E-state index in [0.717, 1.165) is 16.9 Å². The van der Waals surface area contributed by atoms with E-state index in [1.807, 2.05) is 50.1 Å². The van der Waals surface area contributed by atoms with Crippen molar-refractivity contribution in [3.8, 4) is 0 Å². The lowest BCUT2D eigenvalue weighted by atomic mass is 9.84. The van der Waals surface area contributed by atoms with E-state index < -0.39 is 13.7 Å². The van der Waals surface area contributed by atoms with Gasteiger partial charge in [-0.2, -0.15) is 0 Å². The topological polar surface area (TPSA) is 67.9 Å². The highest BCUT2D eigenvalue weighted by Crippen LogP contribution is 2.47. The van der Waals surface area contributed by atoms with Gasteiger partial charge in [0, 0.05) is 44.1 Å². The summed E-state index contributed by atoms with van der Waals surface area (Å²) in [5.74, 6) is -0.519. The SMILES string of the molecule is COP(=O)(NC(=O)C=C1N(C)c2ccccc2C1(C)C)OC. The number of fused-ring (bicyclic) bond motifs is 1. The number of benzene rings is 1. The number of likely N-dealkylation sites (N-methyl/N-ethyl adjacent to an activating group) is 1. The van der Waals surface area contributed by atoms with Gasteiger partial charge in [0.05, 0.1) is 0 Å². The zero-order valence-electron chi connectivity index (χ0n) is 13.4. The van der Waals surface area contributed by atoms with Gasteiger partial charge in [-0.15, -0.1) is 0 Å². The number of para-hydroxylation sites is 1. The van der Waals surface area contributed by atoms with Crippen LogP contribution in [0.5, 0.6) is 0 Å². The van der Waals surface area contributed by atoms with Gasteiger partial charge in [0.1, 0.15) is 0 Å². The van der Waals surface area contributed by atoms with Crippen LogP contribution < -0.4 is 9.99 Å². The van der Waals surface area contributed by atoms with Crippen molar-refractivity contribution in [2.45, 2.75) is 19.3 Å². The Balaban J connectivity index is 2.34. The normalized spacial score (nSPS) is 18.4. The van der Waals surface area contributed by atoms with Gasteiger partial charge in [0.15, 0.2) is 0 Å². The van der Waals surface area contributed by atoms with Crippen molar-refractivity contribution >= 4 is 19.3 Å². The summed E-state index contributed by atoms with van der Waals surface area (Å²) >= 11 is 0. The van der Waals surface area contributed by atoms with Gasteiger partial charge >= 0.3 is 7.75 Å². The minimum atomic E-state index is -3.59. The van der Waals surface area contributed by atoms with Gasteiger partial charge in [0.2, 0.25) is 0 Å². The molecule has 0 atom stereocenters. The standard InChI is InChI=1S/C15H21N2O4P/c1-15(2)11-8-6-7-9-12(11)17(3)13(15)10-14(18)16-22(19,20-4)21-5/h6-10H,1-5H3,(H,16,18,19). The Morgan fingerprint density at radius 1 is 1.27 bits per heavy atom. The molecule has 1 aliphatic heterocycles. The van der Waals surface area contributed by atoms with Crippen LogP contribution in [0.15, 0.2) is 36.0 Å². The second-order valence-corrected chi connectivity index (χ2v) is 7.52. The largest absolute Gasteiger partial charge is 0.434 e. The number of nitrogens with one attached hydrogen (secondary N) is 1. The van der Waals surface area contributed by atoms with Crippen LogP contribution in [0.2, 0.25) is 0 Å². The molecule has 0 unspecified atom stereocenters. The first-order chi connectivity index (χ1) is 10.2. The van der Waals surface area contributed by atoms with Crippen LogP contribution in [-0.2, 0) is 23.8 Å². The summed E-state index contributed by atoms with van der Waals surface area (Å²) in [5.41, 5.74) is 2.67. The summed E-state index contributed by atoms with van der Waals surface area (Å²) in [5, 5.41) is 2.27. The van der Waals surface area contributed by atoms with Crippen LogP contribution in [-0.4, -0.2) is 27.2 Å². The van der Waals surface area contributed by atoms with Gasteiger partial charge in [-0.3, -0.25) is 18.9 Å². The Morgan fingerprint density at radius 3 is 2.41 bits per heavy atom. The van der Waals surface area contributed by atoms with Crippen LogP contribution in [0.25, 0.3) is 0 Å². The molecule has 0 bridgehead atoms. The maximum Gasteiger partial charge on any atom is 0.434 e. The Kier molecular flexibility index (Phi) is 4.47. The van der Waals surface area contributed by atoms with Crippen molar-refractivity contribution in [3.05, 3.63) is 41.6 Å². The van der Waals surface area contributed by atoms with E-state index in [1.165, 1.54) is 20.3 Å². The fourth-order valence-electron chi connectivity index (χ4n) is 2.72. The van der Waals surface area contributed by atoms with E-state index >= 15 is 0 Å². The number of carbonyl (C=O) groups excluding carboxylic acids is 1. The van der Waals surface area contributed by atoms with Crippen molar-refractivity contribution in [1.29, 1.82) is 0 Å². The third kappa shape index (κ3) is 2.82. The van der Waals surface area contributed by atoms with E-state index in [2.05, 4.69) is 5.09 Å². The quantitative estimate of drug-likeness (QED) is 0.681. The second-order valence-electron chi connectivity index (χ2n) is 5.57. The Hall–Kier alpha value is -1.62. The van der Waals surface area contributed by atoms with Crippen molar-refractivity contribution in [2.24, 2.45) is 0 Å². The number of hydrogen-bond acceptors (Lipinski definition) is 5. The van der Waals surface area contributed by atoms with Crippen molar-refractivity contribution in [2.75, 3.05) is 26.2 Å². The molecule has 0 saturated carbocycles. The van der Waals surface area contributed by atoms with Crippen molar-refractivity contribution in [3.63, 3.8) is 0 Å². The van der Waals surface area contributed by atoms with E-state index in [-0.39, 0.29) is 5.41 Å². The summed E-state index contributed by atoms with van der Waals surface area (Å²) in [4.78, 5) is 14.1. The molecule has 120 valence electrons. The number of amides is 1. The minimum absolute atomic E-state index is 0.327. The van der Waals surface area contributed by atoms with Gasteiger partial charge < -0.3 is 4.90 Å². The molecule has 0 aromatic heterocycles. The summed E-state index contributed by atoms with van der Waals surface area (Å²) in [6.45, 7) is 4.08. The smallest absolute Gasteiger partial charge is 0.347 e.